The Bertz CT molecular complexity index is 369. The molecule has 1 fully saturated rings. The van der Waals surface area contributed by atoms with E-state index in [1.54, 1.807) is 11.8 Å². The first-order valence-electron chi connectivity index (χ1n) is 4.80. The van der Waals surface area contributed by atoms with Crippen LogP contribution in [0.2, 0.25) is 0 Å². The zero-order valence-electron chi connectivity index (χ0n) is 8.20. The molecule has 1 aliphatic carbocycles. The molecule has 0 atom stereocenters. The standard InChI is InChI=1S/C11H12BrNOS/c12-8-1-3-10(4-2-8)15-11(7-13)5-9(14)6-11/h1-4H,5-7,13H2. The van der Waals surface area contributed by atoms with Crippen LogP contribution in [0.4, 0.5) is 0 Å². The van der Waals surface area contributed by atoms with Crippen molar-refractivity contribution in [3.8, 4) is 0 Å². The number of carbonyl (C=O) groups excluding carboxylic acids is 1. The van der Waals surface area contributed by atoms with Gasteiger partial charge in [-0.15, -0.1) is 11.8 Å². The van der Waals surface area contributed by atoms with Gasteiger partial charge in [-0.05, 0) is 24.3 Å². The summed E-state index contributed by atoms with van der Waals surface area (Å²) in [5.41, 5.74) is 5.73. The second kappa shape index (κ2) is 4.28. The summed E-state index contributed by atoms with van der Waals surface area (Å²) < 4.78 is 1.03. The van der Waals surface area contributed by atoms with Crippen LogP contribution in [0.1, 0.15) is 12.8 Å². The highest BCUT2D eigenvalue weighted by molar-refractivity contribution is 9.10. The number of halogens is 1. The van der Waals surface area contributed by atoms with Crippen LogP contribution in [0, 0.1) is 0 Å². The largest absolute Gasteiger partial charge is 0.329 e. The van der Waals surface area contributed by atoms with E-state index in [4.69, 9.17) is 5.73 Å². The van der Waals surface area contributed by atoms with Crippen molar-refractivity contribution in [2.75, 3.05) is 6.54 Å². The Morgan fingerprint density at radius 1 is 1.33 bits per heavy atom. The van der Waals surface area contributed by atoms with Crippen molar-refractivity contribution >= 4 is 33.5 Å². The molecule has 0 radical (unpaired) electrons. The maximum Gasteiger partial charge on any atom is 0.135 e. The first-order valence-corrected chi connectivity index (χ1v) is 6.41. The summed E-state index contributed by atoms with van der Waals surface area (Å²) in [6.45, 7) is 0.569. The molecule has 4 heteroatoms. The van der Waals surface area contributed by atoms with E-state index in [-0.39, 0.29) is 4.75 Å². The average molecular weight is 286 g/mol. The Balaban J connectivity index is 2.07. The monoisotopic (exact) mass is 285 g/mol. The van der Waals surface area contributed by atoms with E-state index >= 15 is 0 Å². The van der Waals surface area contributed by atoms with Crippen molar-refractivity contribution in [1.82, 2.24) is 0 Å². The van der Waals surface area contributed by atoms with Crippen LogP contribution in [-0.2, 0) is 4.79 Å². The third kappa shape index (κ3) is 2.44. The fourth-order valence-corrected chi connectivity index (χ4v) is 3.26. The lowest BCUT2D eigenvalue weighted by Crippen LogP contribution is -2.47. The average Bonchev–Trinajstić information content (AvgIpc) is 2.18. The third-order valence-electron chi connectivity index (χ3n) is 2.56. The molecule has 2 N–H and O–H groups in total. The van der Waals surface area contributed by atoms with Gasteiger partial charge in [-0.1, -0.05) is 15.9 Å². The highest BCUT2D eigenvalue weighted by atomic mass is 79.9. The number of thioether (sulfide) groups is 1. The first kappa shape index (κ1) is 11.2. The highest BCUT2D eigenvalue weighted by Gasteiger charge is 2.43. The van der Waals surface area contributed by atoms with Crippen LogP contribution in [0.25, 0.3) is 0 Å². The summed E-state index contributed by atoms with van der Waals surface area (Å²) in [5.74, 6) is 0.324. The Labute approximate surface area is 102 Å². The van der Waals surface area contributed by atoms with Gasteiger partial charge in [-0.2, -0.15) is 0 Å². The lowest BCUT2D eigenvalue weighted by atomic mass is 9.83. The van der Waals surface area contributed by atoms with E-state index in [2.05, 4.69) is 28.1 Å². The van der Waals surface area contributed by atoms with Crippen molar-refractivity contribution < 1.29 is 4.79 Å². The topological polar surface area (TPSA) is 43.1 Å². The van der Waals surface area contributed by atoms with E-state index in [9.17, 15) is 4.79 Å². The molecule has 1 aliphatic rings. The maximum atomic E-state index is 11.0. The predicted molar refractivity (Wildman–Crippen MR) is 66.0 cm³/mol. The second-order valence-electron chi connectivity index (χ2n) is 3.84. The van der Waals surface area contributed by atoms with Crippen LogP contribution in [0.3, 0.4) is 0 Å². The van der Waals surface area contributed by atoms with Crippen LogP contribution >= 0.6 is 27.7 Å². The van der Waals surface area contributed by atoms with Crippen molar-refractivity contribution in [3.05, 3.63) is 28.7 Å². The van der Waals surface area contributed by atoms with Gasteiger partial charge >= 0.3 is 0 Å². The molecule has 0 aromatic heterocycles. The number of hydrogen-bond acceptors (Lipinski definition) is 3. The van der Waals surface area contributed by atoms with Gasteiger partial charge in [0.2, 0.25) is 0 Å². The van der Waals surface area contributed by atoms with Gasteiger partial charge in [-0.25, -0.2) is 0 Å². The molecule has 0 bridgehead atoms. The number of benzene rings is 1. The molecule has 1 saturated carbocycles. The van der Waals surface area contributed by atoms with Gasteiger partial charge in [0, 0.05) is 33.5 Å². The van der Waals surface area contributed by atoms with Crippen LogP contribution in [0.5, 0.6) is 0 Å². The van der Waals surface area contributed by atoms with Crippen LogP contribution < -0.4 is 5.73 Å². The number of rotatable bonds is 3. The maximum absolute atomic E-state index is 11.0. The van der Waals surface area contributed by atoms with Gasteiger partial charge in [0.25, 0.3) is 0 Å². The number of hydrogen-bond donors (Lipinski definition) is 1. The highest BCUT2D eigenvalue weighted by Crippen LogP contribution is 2.44. The van der Waals surface area contributed by atoms with Gasteiger partial charge in [0.05, 0.1) is 0 Å². The second-order valence-corrected chi connectivity index (χ2v) is 6.29. The molecule has 15 heavy (non-hydrogen) atoms. The number of carbonyl (C=O) groups is 1. The molecule has 0 unspecified atom stereocenters. The molecule has 2 nitrogen and oxygen atoms in total. The summed E-state index contributed by atoms with van der Waals surface area (Å²) in [7, 11) is 0. The molecule has 80 valence electrons. The minimum absolute atomic E-state index is 0.0368. The smallest absolute Gasteiger partial charge is 0.135 e. The van der Waals surface area contributed by atoms with Crippen molar-refractivity contribution in [1.29, 1.82) is 0 Å². The first-order chi connectivity index (χ1) is 7.13. The Hall–Kier alpha value is -0.320. The van der Waals surface area contributed by atoms with Crippen LogP contribution in [-0.4, -0.2) is 17.1 Å². The van der Waals surface area contributed by atoms with Crippen molar-refractivity contribution in [3.63, 3.8) is 0 Å². The van der Waals surface area contributed by atoms with Crippen LogP contribution in [0.15, 0.2) is 33.6 Å². The summed E-state index contributed by atoms with van der Waals surface area (Å²) in [5, 5.41) is 0. The van der Waals surface area contributed by atoms with E-state index in [1.807, 2.05) is 12.1 Å². The Morgan fingerprint density at radius 2 is 1.93 bits per heavy atom. The minimum Gasteiger partial charge on any atom is -0.329 e. The van der Waals surface area contributed by atoms with E-state index in [1.165, 1.54) is 4.90 Å². The van der Waals surface area contributed by atoms with E-state index < -0.39 is 0 Å². The Morgan fingerprint density at radius 3 is 2.40 bits per heavy atom. The zero-order chi connectivity index (χ0) is 10.9. The molecule has 0 heterocycles. The summed E-state index contributed by atoms with van der Waals surface area (Å²) >= 11 is 5.12. The van der Waals surface area contributed by atoms with Gasteiger partial charge in [0.15, 0.2) is 0 Å². The third-order valence-corrected chi connectivity index (χ3v) is 4.48. The SMILES string of the molecule is NCC1(Sc2ccc(Br)cc2)CC(=O)C1. The molecular weight excluding hydrogens is 274 g/mol. The molecule has 0 spiro atoms. The normalized spacial score (nSPS) is 18.7. The Kier molecular flexibility index (Phi) is 3.19. The molecule has 1 aromatic carbocycles. The fraction of sp³-hybridized carbons (Fsp3) is 0.364. The summed E-state index contributed by atoms with van der Waals surface area (Å²) in [6, 6.07) is 8.12. The predicted octanol–water partition coefficient (Wildman–Crippen LogP) is 2.60. The van der Waals surface area contributed by atoms with Crippen molar-refractivity contribution in [2.24, 2.45) is 5.73 Å². The van der Waals surface area contributed by atoms with Gasteiger partial charge < -0.3 is 5.73 Å². The minimum atomic E-state index is -0.0368. The number of nitrogens with two attached hydrogens (primary N) is 1. The quantitative estimate of drug-likeness (QED) is 0.928. The van der Waals surface area contributed by atoms with E-state index in [0.717, 1.165) is 4.47 Å². The molecule has 0 amide bonds. The van der Waals surface area contributed by atoms with Gasteiger partial charge in [-0.3, -0.25) is 4.79 Å². The molecule has 0 saturated heterocycles. The summed E-state index contributed by atoms with van der Waals surface area (Å²) in [6.07, 6.45) is 1.23. The fourth-order valence-electron chi connectivity index (χ4n) is 1.68. The molecule has 1 aromatic rings. The van der Waals surface area contributed by atoms with Gasteiger partial charge in [0.1, 0.15) is 5.78 Å². The number of ketones is 1. The van der Waals surface area contributed by atoms with Crippen molar-refractivity contribution in [2.45, 2.75) is 22.5 Å². The summed E-state index contributed by atoms with van der Waals surface area (Å²) in [4.78, 5) is 12.2. The molecule has 0 aliphatic heterocycles. The lowest BCUT2D eigenvalue weighted by molar-refractivity contribution is -0.125. The lowest BCUT2D eigenvalue weighted by Gasteiger charge is -2.38. The molecule has 2 rings (SSSR count). The zero-order valence-corrected chi connectivity index (χ0v) is 10.6. The molecular formula is C11H12BrNOS. The number of Topliss-reactive ketones (excluding diaryl/α,β-unsaturated/α-hetero) is 1. The van der Waals surface area contributed by atoms with E-state index in [0.29, 0.717) is 25.2 Å².